The molecule has 1 fully saturated rings. The Morgan fingerprint density at radius 3 is 2.68 bits per heavy atom. The van der Waals surface area contributed by atoms with Crippen LogP contribution in [-0.2, 0) is 4.79 Å². The molecule has 1 heterocycles. The third kappa shape index (κ3) is 2.58. The van der Waals surface area contributed by atoms with Crippen molar-refractivity contribution in [3.05, 3.63) is 35.1 Å². The maximum Gasteiger partial charge on any atom is 0.326 e. The molecular weight excluding hydrogens is 253 g/mol. The maximum absolute atomic E-state index is 13.1. The molecule has 2 N–H and O–H groups in total. The SMILES string of the molecule is Cc1cc(C(=O)N2CC(O)CC2C(=O)O)ccc1F. The smallest absolute Gasteiger partial charge is 0.326 e. The van der Waals surface area contributed by atoms with Crippen LogP contribution in [0.25, 0.3) is 0 Å². The van der Waals surface area contributed by atoms with Crippen LogP contribution >= 0.6 is 0 Å². The van der Waals surface area contributed by atoms with Crippen LogP contribution in [0.5, 0.6) is 0 Å². The summed E-state index contributed by atoms with van der Waals surface area (Å²) in [5.41, 5.74) is 0.539. The van der Waals surface area contributed by atoms with Crippen LogP contribution in [0.1, 0.15) is 22.3 Å². The Bertz CT molecular complexity index is 531. The molecule has 102 valence electrons. The number of aliphatic carboxylic acids is 1. The molecule has 0 spiro atoms. The number of carbonyl (C=O) groups excluding carboxylic acids is 1. The van der Waals surface area contributed by atoms with Crippen LogP contribution in [0.4, 0.5) is 4.39 Å². The number of carbonyl (C=O) groups is 2. The van der Waals surface area contributed by atoms with E-state index in [0.717, 1.165) is 4.90 Å². The minimum Gasteiger partial charge on any atom is -0.480 e. The number of halogens is 1. The number of nitrogens with zero attached hydrogens (tertiary/aromatic N) is 1. The van der Waals surface area contributed by atoms with E-state index in [0.29, 0.717) is 5.56 Å². The summed E-state index contributed by atoms with van der Waals surface area (Å²) in [5.74, 6) is -2.08. The zero-order valence-corrected chi connectivity index (χ0v) is 10.3. The predicted octanol–water partition coefficient (Wildman–Crippen LogP) is 0.794. The van der Waals surface area contributed by atoms with Gasteiger partial charge in [-0.2, -0.15) is 0 Å². The minimum absolute atomic E-state index is 0.0151. The van der Waals surface area contributed by atoms with Crippen LogP contribution in [0, 0.1) is 12.7 Å². The lowest BCUT2D eigenvalue weighted by Crippen LogP contribution is -2.40. The van der Waals surface area contributed by atoms with E-state index in [1.807, 2.05) is 0 Å². The van der Waals surface area contributed by atoms with E-state index >= 15 is 0 Å². The van der Waals surface area contributed by atoms with Gasteiger partial charge in [-0.1, -0.05) is 0 Å². The molecule has 1 aliphatic rings. The fourth-order valence-electron chi connectivity index (χ4n) is 2.22. The highest BCUT2D eigenvalue weighted by Gasteiger charge is 2.39. The van der Waals surface area contributed by atoms with E-state index in [2.05, 4.69) is 0 Å². The summed E-state index contributed by atoms with van der Waals surface area (Å²) >= 11 is 0. The second-order valence-electron chi connectivity index (χ2n) is 4.67. The molecule has 2 unspecified atom stereocenters. The molecule has 5 nitrogen and oxygen atoms in total. The highest BCUT2D eigenvalue weighted by Crippen LogP contribution is 2.21. The van der Waals surface area contributed by atoms with Gasteiger partial charge in [0, 0.05) is 18.5 Å². The predicted molar refractivity (Wildman–Crippen MR) is 64.2 cm³/mol. The number of aliphatic hydroxyl groups excluding tert-OH is 1. The average molecular weight is 267 g/mol. The van der Waals surface area contributed by atoms with Crippen molar-refractivity contribution in [3.8, 4) is 0 Å². The largest absolute Gasteiger partial charge is 0.480 e. The maximum atomic E-state index is 13.1. The van der Waals surface area contributed by atoms with E-state index in [1.165, 1.54) is 25.1 Å². The Kier molecular flexibility index (Phi) is 3.53. The van der Waals surface area contributed by atoms with Crippen molar-refractivity contribution in [2.45, 2.75) is 25.5 Å². The number of amides is 1. The van der Waals surface area contributed by atoms with Gasteiger partial charge in [0.2, 0.25) is 0 Å². The Morgan fingerprint density at radius 1 is 1.42 bits per heavy atom. The van der Waals surface area contributed by atoms with Gasteiger partial charge < -0.3 is 15.1 Å². The van der Waals surface area contributed by atoms with Crippen molar-refractivity contribution in [3.63, 3.8) is 0 Å². The molecule has 1 aliphatic heterocycles. The molecule has 0 bridgehead atoms. The van der Waals surface area contributed by atoms with Crippen molar-refractivity contribution in [2.24, 2.45) is 0 Å². The molecule has 0 aromatic heterocycles. The topological polar surface area (TPSA) is 77.8 Å². The number of carboxylic acid groups (broad SMARTS) is 1. The summed E-state index contributed by atoms with van der Waals surface area (Å²) in [5, 5.41) is 18.5. The van der Waals surface area contributed by atoms with Crippen molar-refractivity contribution in [1.82, 2.24) is 4.90 Å². The first-order chi connectivity index (χ1) is 8.90. The quantitative estimate of drug-likeness (QED) is 0.830. The molecular formula is C13H14FNO4. The molecule has 0 saturated carbocycles. The normalized spacial score (nSPS) is 22.6. The highest BCUT2D eigenvalue weighted by molar-refractivity contribution is 5.97. The van der Waals surface area contributed by atoms with E-state index in [9.17, 15) is 19.1 Å². The van der Waals surface area contributed by atoms with Crippen LogP contribution in [0.15, 0.2) is 18.2 Å². The lowest BCUT2D eigenvalue weighted by Gasteiger charge is -2.21. The van der Waals surface area contributed by atoms with Gasteiger partial charge in [-0.25, -0.2) is 9.18 Å². The first-order valence-electron chi connectivity index (χ1n) is 5.88. The second kappa shape index (κ2) is 4.97. The summed E-state index contributed by atoms with van der Waals surface area (Å²) < 4.78 is 13.1. The number of rotatable bonds is 2. The fraction of sp³-hybridized carbons (Fsp3) is 0.385. The first kappa shape index (κ1) is 13.5. The van der Waals surface area contributed by atoms with Crippen LogP contribution in [0.2, 0.25) is 0 Å². The standard InChI is InChI=1S/C13H14FNO4/c1-7-4-8(2-3-10(7)14)12(17)15-6-9(16)5-11(15)13(18)19/h2-4,9,11,16H,5-6H2,1H3,(H,18,19). The molecule has 2 atom stereocenters. The summed E-state index contributed by atoms with van der Waals surface area (Å²) in [6, 6.07) is 2.83. The molecule has 1 aromatic carbocycles. The number of likely N-dealkylation sites (tertiary alicyclic amines) is 1. The number of carboxylic acids is 1. The summed E-state index contributed by atoms with van der Waals surface area (Å²) in [4.78, 5) is 24.4. The summed E-state index contributed by atoms with van der Waals surface area (Å²) in [7, 11) is 0. The first-order valence-corrected chi connectivity index (χ1v) is 5.88. The zero-order chi connectivity index (χ0) is 14.2. The molecule has 0 aliphatic carbocycles. The van der Waals surface area contributed by atoms with Crippen LogP contribution in [-0.4, -0.2) is 45.7 Å². The average Bonchev–Trinajstić information content (AvgIpc) is 2.74. The number of aliphatic hydroxyl groups is 1. The molecule has 2 rings (SSSR count). The van der Waals surface area contributed by atoms with Gasteiger partial charge in [-0.05, 0) is 30.7 Å². The number of aryl methyl sites for hydroxylation is 1. The van der Waals surface area contributed by atoms with Crippen molar-refractivity contribution >= 4 is 11.9 Å². The number of benzene rings is 1. The Morgan fingerprint density at radius 2 is 2.11 bits per heavy atom. The Labute approximate surface area is 109 Å². The van der Waals surface area contributed by atoms with E-state index in [-0.39, 0.29) is 18.5 Å². The van der Waals surface area contributed by atoms with E-state index < -0.39 is 29.8 Å². The van der Waals surface area contributed by atoms with E-state index in [1.54, 1.807) is 0 Å². The molecule has 6 heteroatoms. The summed E-state index contributed by atoms with van der Waals surface area (Å²) in [6.45, 7) is 1.51. The third-order valence-corrected chi connectivity index (χ3v) is 3.23. The summed E-state index contributed by atoms with van der Waals surface area (Å²) in [6.07, 6.45) is -0.826. The third-order valence-electron chi connectivity index (χ3n) is 3.23. The lowest BCUT2D eigenvalue weighted by molar-refractivity contribution is -0.141. The number of hydrogen-bond acceptors (Lipinski definition) is 3. The number of hydrogen-bond donors (Lipinski definition) is 2. The van der Waals surface area contributed by atoms with E-state index in [4.69, 9.17) is 5.11 Å². The van der Waals surface area contributed by atoms with Gasteiger partial charge in [0.05, 0.1) is 6.10 Å². The van der Waals surface area contributed by atoms with Gasteiger partial charge in [0.25, 0.3) is 5.91 Å². The van der Waals surface area contributed by atoms with Crippen molar-refractivity contribution in [2.75, 3.05) is 6.54 Å². The van der Waals surface area contributed by atoms with Crippen LogP contribution < -0.4 is 0 Å². The van der Waals surface area contributed by atoms with Gasteiger partial charge in [0.1, 0.15) is 11.9 Å². The molecule has 0 radical (unpaired) electrons. The second-order valence-corrected chi connectivity index (χ2v) is 4.67. The molecule has 19 heavy (non-hydrogen) atoms. The zero-order valence-electron chi connectivity index (χ0n) is 10.3. The van der Waals surface area contributed by atoms with Gasteiger partial charge >= 0.3 is 5.97 Å². The van der Waals surface area contributed by atoms with Gasteiger partial charge in [-0.15, -0.1) is 0 Å². The Balaban J connectivity index is 2.27. The minimum atomic E-state index is -1.15. The Hall–Kier alpha value is -1.95. The fourth-order valence-corrected chi connectivity index (χ4v) is 2.22. The monoisotopic (exact) mass is 267 g/mol. The lowest BCUT2D eigenvalue weighted by atomic mass is 10.1. The van der Waals surface area contributed by atoms with Crippen LogP contribution in [0.3, 0.4) is 0 Å². The number of β-amino-alcohol motifs (C(OH)–C–C–N with tert-alkyl or cyclic N) is 1. The molecule has 1 saturated heterocycles. The molecule has 1 amide bonds. The molecule has 1 aromatic rings. The van der Waals surface area contributed by atoms with Gasteiger partial charge in [-0.3, -0.25) is 4.79 Å². The highest BCUT2D eigenvalue weighted by atomic mass is 19.1. The van der Waals surface area contributed by atoms with Crippen molar-refractivity contribution in [1.29, 1.82) is 0 Å². The van der Waals surface area contributed by atoms with Gasteiger partial charge in [0.15, 0.2) is 0 Å². The van der Waals surface area contributed by atoms with Crippen molar-refractivity contribution < 1.29 is 24.2 Å².